The summed E-state index contributed by atoms with van der Waals surface area (Å²) >= 11 is 0. The predicted molar refractivity (Wildman–Crippen MR) is 78.1 cm³/mol. The Morgan fingerprint density at radius 3 is 2.27 bits per heavy atom. The minimum absolute atomic E-state index is 0.0994. The highest BCUT2D eigenvalue weighted by Crippen LogP contribution is 2.12. The molecule has 1 aromatic rings. The molecular formula is C12H16N4O5S. The fraction of sp³-hybridized carbons (Fsp3) is 0.250. The molecule has 0 bridgehead atoms. The van der Waals surface area contributed by atoms with Crippen LogP contribution in [0.5, 0.6) is 0 Å². The Balaban J connectivity index is 2.47. The average molecular weight is 328 g/mol. The number of sulfonamides is 1. The molecule has 0 aromatic heterocycles. The standard InChI is InChI=1S/C12H16N4O5S/c13-22(20,21)10-4-2-9(3-5-10)16-12(19)11(18)15-7-1-6-14-8-17/h2-5,8H,1,6-7H2,(H,14,17)(H,15,18)(H,16,19)(H2,13,20,21). The van der Waals surface area contributed by atoms with E-state index in [2.05, 4.69) is 16.0 Å². The van der Waals surface area contributed by atoms with Gasteiger partial charge in [-0.05, 0) is 30.7 Å². The van der Waals surface area contributed by atoms with E-state index >= 15 is 0 Å². The molecule has 3 amide bonds. The van der Waals surface area contributed by atoms with E-state index in [-0.39, 0.29) is 17.1 Å². The van der Waals surface area contributed by atoms with Crippen molar-refractivity contribution in [2.45, 2.75) is 11.3 Å². The van der Waals surface area contributed by atoms with E-state index in [1.807, 2.05) is 0 Å². The number of anilines is 1. The van der Waals surface area contributed by atoms with Gasteiger partial charge in [-0.15, -0.1) is 0 Å². The van der Waals surface area contributed by atoms with Gasteiger partial charge in [0.1, 0.15) is 0 Å². The van der Waals surface area contributed by atoms with Crippen molar-refractivity contribution >= 4 is 33.9 Å². The second-order valence-corrected chi connectivity index (χ2v) is 5.77. The van der Waals surface area contributed by atoms with Crippen LogP contribution in [-0.4, -0.2) is 39.7 Å². The third kappa shape index (κ3) is 5.89. The molecule has 9 nitrogen and oxygen atoms in total. The van der Waals surface area contributed by atoms with E-state index in [9.17, 15) is 22.8 Å². The largest absolute Gasteiger partial charge is 0.359 e. The summed E-state index contributed by atoms with van der Waals surface area (Å²) in [5.41, 5.74) is 0.259. The molecular weight excluding hydrogens is 312 g/mol. The summed E-state index contributed by atoms with van der Waals surface area (Å²) in [5.74, 6) is -1.71. The van der Waals surface area contributed by atoms with Gasteiger partial charge in [0.15, 0.2) is 0 Å². The Labute approximate surface area is 127 Å². The molecule has 0 aliphatic carbocycles. The van der Waals surface area contributed by atoms with Crippen molar-refractivity contribution in [2.75, 3.05) is 18.4 Å². The number of carbonyl (C=O) groups excluding carboxylic acids is 3. The van der Waals surface area contributed by atoms with Gasteiger partial charge in [0.25, 0.3) is 0 Å². The second-order valence-electron chi connectivity index (χ2n) is 4.20. The fourth-order valence-electron chi connectivity index (χ4n) is 1.45. The van der Waals surface area contributed by atoms with Crippen molar-refractivity contribution in [3.63, 3.8) is 0 Å². The number of nitrogens with one attached hydrogen (secondary N) is 3. The van der Waals surface area contributed by atoms with Gasteiger partial charge in [0, 0.05) is 18.8 Å². The second kappa shape index (κ2) is 8.10. The van der Waals surface area contributed by atoms with Gasteiger partial charge in [0.2, 0.25) is 16.4 Å². The van der Waals surface area contributed by atoms with Crippen LogP contribution >= 0.6 is 0 Å². The van der Waals surface area contributed by atoms with Gasteiger partial charge in [-0.2, -0.15) is 0 Å². The number of hydrogen-bond acceptors (Lipinski definition) is 5. The first-order valence-electron chi connectivity index (χ1n) is 6.23. The third-order valence-corrected chi connectivity index (χ3v) is 3.44. The molecule has 22 heavy (non-hydrogen) atoms. The van der Waals surface area contributed by atoms with Gasteiger partial charge >= 0.3 is 11.8 Å². The van der Waals surface area contributed by atoms with Crippen LogP contribution in [0.15, 0.2) is 29.2 Å². The van der Waals surface area contributed by atoms with E-state index < -0.39 is 21.8 Å². The molecule has 120 valence electrons. The van der Waals surface area contributed by atoms with Crippen LogP contribution in [0.4, 0.5) is 5.69 Å². The lowest BCUT2D eigenvalue weighted by molar-refractivity contribution is -0.136. The molecule has 0 saturated carbocycles. The van der Waals surface area contributed by atoms with Crippen LogP contribution in [0.3, 0.4) is 0 Å². The van der Waals surface area contributed by atoms with Crippen LogP contribution in [0, 0.1) is 0 Å². The minimum Gasteiger partial charge on any atom is -0.359 e. The zero-order valence-electron chi connectivity index (χ0n) is 11.5. The Morgan fingerprint density at radius 2 is 1.73 bits per heavy atom. The van der Waals surface area contributed by atoms with Crippen LogP contribution < -0.4 is 21.1 Å². The Morgan fingerprint density at radius 1 is 1.09 bits per heavy atom. The summed E-state index contributed by atoms with van der Waals surface area (Å²) in [6.07, 6.45) is 1.03. The van der Waals surface area contributed by atoms with Crippen molar-refractivity contribution in [3.05, 3.63) is 24.3 Å². The van der Waals surface area contributed by atoms with E-state index in [4.69, 9.17) is 5.14 Å². The van der Waals surface area contributed by atoms with Crippen molar-refractivity contribution in [2.24, 2.45) is 5.14 Å². The van der Waals surface area contributed by atoms with E-state index in [0.29, 0.717) is 19.4 Å². The maximum Gasteiger partial charge on any atom is 0.313 e. The summed E-state index contributed by atoms with van der Waals surface area (Å²) in [4.78, 5) is 32.9. The highest BCUT2D eigenvalue weighted by atomic mass is 32.2. The molecule has 10 heteroatoms. The highest BCUT2D eigenvalue weighted by molar-refractivity contribution is 7.89. The average Bonchev–Trinajstić information content (AvgIpc) is 2.46. The number of amides is 3. The van der Waals surface area contributed by atoms with Crippen LogP contribution in [0.2, 0.25) is 0 Å². The summed E-state index contributed by atoms with van der Waals surface area (Å²) in [6, 6.07) is 5.07. The third-order valence-electron chi connectivity index (χ3n) is 2.51. The van der Waals surface area contributed by atoms with Crippen molar-refractivity contribution in [1.82, 2.24) is 10.6 Å². The van der Waals surface area contributed by atoms with Gasteiger partial charge in [-0.3, -0.25) is 14.4 Å². The Bertz CT molecular complexity index is 642. The topological polar surface area (TPSA) is 147 Å². The Hall–Kier alpha value is -2.46. The van der Waals surface area contributed by atoms with E-state index in [1.165, 1.54) is 24.3 Å². The molecule has 0 atom stereocenters. The number of carbonyl (C=O) groups is 3. The monoisotopic (exact) mass is 328 g/mol. The molecule has 0 heterocycles. The molecule has 0 saturated heterocycles. The number of primary sulfonamides is 1. The summed E-state index contributed by atoms with van der Waals surface area (Å²) in [7, 11) is -3.81. The molecule has 1 rings (SSSR count). The summed E-state index contributed by atoms with van der Waals surface area (Å²) in [5, 5.41) is 12.0. The maximum absolute atomic E-state index is 11.6. The van der Waals surface area contributed by atoms with Crippen LogP contribution in [0.25, 0.3) is 0 Å². The first-order valence-corrected chi connectivity index (χ1v) is 7.78. The lowest BCUT2D eigenvalue weighted by atomic mass is 10.3. The van der Waals surface area contributed by atoms with Gasteiger partial charge in [0.05, 0.1) is 4.90 Å². The minimum atomic E-state index is -3.81. The zero-order chi connectivity index (χ0) is 16.6. The van der Waals surface area contributed by atoms with Crippen molar-refractivity contribution in [3.8, 4) is 0 Å². The number of benzene rings is 1. The number of rotatable bonds is 7. The first-order chi connectivity index (χ1) is 10.3. The summed E-state index contributed by atoms with van der Waals surface area (Å²) in [6.45, 7) is 0.623. The SMILES string of the molecule is NS(=O)(=O)c1ccc(NC(=O)C(=O)NCCCNC=O)cc1. The zero-order valence-corrected chi connectivity index (χ0v) is 12.4. The molecule has 0 aliphatic rings. The van der Waals surface area contributed by atoms with Gasteiger partial charge in [-0.25, -0.2) is 13.6 Å². The molecule has 0 fully saturated rings. The first kappa shape index (κ1) is 17.6. The highest BCUT2D eigenvalue weighted by Gasteiger charge is 2.13. The Kier molecular flexibility index (Phi) is 6.47. The predicted octanol–water partition coefficient (Wildman–Crippen LogP) is -1.48. The van der Waals surface area contributed by atoms with Gasteiger partial charge in [-0.1, -0.05) is 0 Å². The fourth-order valence-corrected chi connectivity index (χ4v) is 1.96. The molecule has 5 N–H and O–H groups in total. The molecule has 0 aliphatic heterocycles. The maximum atomic E-state index is 11.6. The number of nitrogens with two attached hydrogens (primary N) is 1. The van der Waals surface area contributed by atoms with Crippen LogP contribution in [-0.2, 0) is 24.4 Å². The summed E-state index contributed by atoms with van der Waals surface area (Å²) < 4.78 is 22.1. The lowest BCUT2D eigenvalue weighted by Crippen LogP contribution is -2.36. The van der Waals surface area contributed by atoms with Crippen molar-refractivity contribution in [1.29, 1.82) is 0 Å². The van der Waals surface area contributed by atoms with E-state index in [1.54, 1.807) is 0 Å². The smallest absolute Gasteiger partial charge is 0.313 e. The molecule has 0 spiro atoms. The molecule has 0 unspecified atom stereocenters. The lowest BCUT2D eigenvalue weighted by Gasteiger charge is -2.07. The van der Waals surface area contributed by atoms with E-state index in [0.717, 1.165) is 0 Å². The number of hydrogen-bond donors (Lipinski definition) is 4. The quantitative estimate of drug-likeness (QED) is 0.274. The normalized spacial score (nSPS) is 10.6. The van der Waals surface area contributed by atoms with Gasteiger partial charge < -0.3 is 16.0 Å². The van der Waals surface area contributed by atoms with Crippen molar-refractivity contribution < 1.29 is 22.8 Å². The van der Waals surface area contributed by atoms with Crippen LogP contribution in [0.1, 0.15) is 6.42 Å². The molecule has 1 aromatic carbocycles. The molecule has 0 radical (unpaired) electrons.